The van der Waals surface area contributed by atoms with E-state index in [1.54, 1.807) is 0 Å². The molecule has 0 unspecified atom stereocenters. The van der Waals surface area contributed by atoms with Crippen molar-refractivity contribution in [2.24, 2.45) is 0 Å². The van der Waals surface area contributed by atoms with Gasteiger partial charge in [-0.05, 0) is 44.1 Å². The van der Waals surface area contributed by atoms with Gasteiger partial charge in [-0.3, -0.25) is 0 Å². The van der Waals surface area contributed by atoms with Gasteiger partial charge in [0.15, 0.2) is 0 Å². The molecule has 2 rings (SSSR count). The van der Waals surface area contributed by atoms with Gasteiger partial charge in [0.2, 0.25) is 10.0 Å². The van der Waals surface area contributed by atoms with Crippen LogP contribution in [0.1, 0.15) is 18.4 Å². The Bertz CT molecular complexity index is 587. The zero-order valence-electron chi connectivity index (χ0n) is 11.8. The van der Waals surface area contributed by atoms with Crippen molar-refractivity contribution < 1.29 is 21.6 Å². The van der Waals surface area contributed by atoms with Gasteiger partial charge in [-0.25, -0.2) is 13.1 Å². The molecule has 1 heterocycles. The van der Waals surface area contributed by atoms with Crippen molar-refractivity contribution in [2.45, 2.75) is 23.9 Å². The van der Waals surface area contributed by atoms with E-state index in [4.69, 9.17) is 0 Å². The summed E-state index contributed by atoms with van der Waals surface area (Å²) in [6, 6.07) is 3.76. The van der Waals surface area contributed by atoms with E-state index in [9.17, 15) is 21.6 Å². The van der Waals surface area contributed by atoms with Crippen LogP contribution in [-0.4, -0.2) is 39.5 Å². The number of halogens is 4. The van der Waals surface area contributed by atoms with E-state index in [1.807, 2.05) is 0 Å². The van der Waals surface area contributed by atoms with Crippen molar-refractivity contribution in [1.82, 2.24) is 9.62 Å². The fraction of sp³-hybridized carbons (Fsp3) is 0.538. The Labute approximate surface area is 134 Å². The standard InChI is InChI=1S/C13H17F3N2O2S.ClH/c14-13(15,16)11-4-3-5-12(10-11)21(19,20)17-6-9-18-7-1-2-8-18;/h3-5,10,17H,1-2,6-9H2;1H. The highest BCUT2D eigenvalue weighted by atomic mass is 35.5. The average Bonchev–Trinajstić information content (AvgIpc) is 2.91. The fourth-order valence-corrected chi connectivity index (χ4v) is 3.33. The number of nitrogens with one attached hydrogen (secondary N) is 1. The smallest absolute Gasteiger partial charge is 0.302 e. The molecule has 0 spiro atoms. The SMILES string of the molecule is Cl.O=S(=O)(NCCN1CCCC1)c1cccc(C(F)(F)F)c1. The Hall–Kier alpha value is -0.830. The number of benzene rings is 1. The van der Waals surface area contributed by atoms with Crippen molar-refractivity contribution >= 4 is 22.4 Å². The number of sulfonamides is 1. The molecule has 1 fully saturated rings. The highest BCUT2D eigenvalue weighted by Gasteiger charge is 2.31. The number of hydrogen-bond acceptors (Lipinski definition) is 3. The lowest BCUT2D eigenvalue weighted by atomic mass is 10.2. The molecular weight excluding hydrogens is 341 g/mol. The summed E-state index contributed by atoms with van der Waals surface area (Å²) < 4.78 is 64.1. The molecule has 0 bridgehead atoms. The third-order valence-corrected chi connectivity index (χ3v) is 4.85. The lowest BCUT2D eigenvalue weighted by Gasteiger charge is -2.15. The molecule has 1 N–H and O–H groups in total. The van der Waals surface area contributed by atoms with E-state index in [-0.39, 0.29) is 23.8 Å². The molecule has 1 aliphatic heterocycles. The van der Waals surface area contributed by atoms with Crippen molar-refractivity contribution in [1.29, 1.82) is 0 Å². The normalized spacial score (nSPS) is 16.5. The minimum atomic E-state index is -4.55. The van der Waals surface area contributed by atoms with Crippen LogP contribution in [0, 0.1) is 0 Å². The number of hydrogen-bond donors (Lipinski definition) is 1. The van der Waals surface area contributed by atoms with Crippen molar-refractivity contribution in [3.63, 3.8) is 0 Å². The van der Waals surface area contributed by atoms with E-state index in [0.717, 1.165) is 44.1 Å². The van der Waals surface area contributed by atoms with Crippen LogP contribution in [0.25, 0.3) is 0 Å². The molecule has 4 nitrogen and oxygen atoms in total. The summed E-state index contributed by atoms with van der Waals surface area (Å²) in [5.41, 5.74) is -0.968. The Morgan fingerprint density at radius 2 is 1.82 bits per heavy atom. The molecule has 1 aliphatic rings. The van der Waals surface area contributed by atoms with Gasteiger partial charge in [-0.1, -0.05) is 6.07 Å². The molecule has 0 atom stereocenters. The van der Waals surface area contributed by atoms with Crippen LogP contribution >= 0.6 is 12.4 Å². The molecule has 1 saturated heterocycles. The van der Waals surface area contributed by atoms with Gasteiger partial charge in [0.1, 0.15) is 0 Å². The summed E-state index contributed by atoms with van der Waals surface area (Å²) in [5.74, 6) is 0. The molecule has 126 valence electrons. The van der Waals surface area contributed by atoms with E-state index in [0.29, 0.717) is 12.6 Å². The van der Waals surface area contributed by atoms with Gasteiger partial charge in [0, 0.05) is 13.1 Å². The molecule has 0 aliphatic carbocycles. The summed E-state index contributed by atoms with van der Waals surface area (Å²) in [6.07, 6.45) is -2.36. The first-order chi connectivity index (χ1) is 9.79. The lowest BCUT2D eigenvalue weighted by Crippen LogP contribution is -2.33. The number of alkyl halides is 3. The highest BCUT2D eigenvalue weighted by Crippen LogP contribution is 2.30. The number of rotatable bonds is 5. The van der Waals surface area contributed by atoms with Crippen LogP contribution in [0.15, 0.2) is 29.2 Å². The Balaban J connectivity index is 0.00000242. The highest BCUT2D eigenvalue weighted by molar-refractivity contribution is 7.89. The molecule has 0 saturated carbocycles. The van der Waals surface area contributed by atoms with E-state index >= 15 is 0 Å². The van der Waals surface area contributed by atoms with E-state index in [2.05, 4.69) is 9.62 Å². The minimum Gasteiger partial charge on any atom is -0.302 e. The van der Waals surface area contributed by atoms with Crippen LogP contribution < -0.4 is 4.72 Å². The molecule has 0 aromatic heterocycles. The van der Waals surface area contributed by atoms with Crippen LogP contribution in [0.5, 0.6) is 0 Å². The van der Waals surface area contributed by atoms with E-state index in [1.165, 1.54) is 0 Å². The maximum Gasteiger partial charge on any atom is 0.416 e. The number of likely N-dealkylation sites (tertiary alicyclic amines) is 1. The van der Waals surface area contributed by atoms with Crippen LogP contribution in [-0.2, 0) is 16.2 Å². The predicted molar refractivity (Wildman–Crippen MR) is 79.6 cm³/mol. The maximum atomic E-state index is 12.6. The van der Waals surface area contributed by atoms with Gasteiger partial charge in [-0.15, -0.1) is 12.4 Å². The summed E-state index contributed by atoms with van der Waals surface area (Å²) in [5, 5.41) is 0. The summed E-state index contributed by atoms with van der Waals surface area (Å²) in [7, 11) is -3.91. The van der Waals surface area contributed by atoms with Gasteiger partial charge < -0.3 is 4.90 Å². The molecule has 9 heteroatoms. The zero-order chi connectivity index (χ0) is 15.5. The topological polar surface area (TPSA) is 49.4 Å². The van der Waals surface area contributed by atoms with Crippen LogP contribution in [0.3, 0.4) is 0 Å². The van der Waals surface area contributed by atoms with Crippen LogP contribution in [0.4, 0.5) is 13.2 Å². The fourth-order valence-electron chi connectivity index (χ4n) is 2.27. The second kappa shape index (κ2) is 7.63. The zero-order valence-corrected chi connectivity index (χ0v) is 13.4. The second-order valence-electron chi connectivity index (χ2n) is 4.97. The average molecular weight is 359 g/mol. The largest absolute Gasteiger partial charge is 0.416 e. The van der Waals surface area contributed by atoms with Crippen molar-refractivity contribution in [2.75, 3.05) is 26.2 Å². The molecule has 1 aromatic carbocycles. The summed E-state index contributed by atoms with van der Waals surface area (Å²) in [4.78, 5) is 1.76. The first-order valence-electron chi connectivity index (χ1n) is 6.68. The number of nitrogens with zero attached hydrogens (tertiary/aromatic N) is 1. The Morgan fingerprint density at radius 3 is 2.41 bits per heavy atom. The van der Waals surface area contributed by atoms with E-state index < -0.39 is 21.8 Å². The minimum absolute atomic E-state index is 0. The van der Waals surface area contributed by atoms with Crippen molar-refractivity contribution in [3.05, 3.63) is 29.8 Å². The Kier molecular flexibility index (Phi) is 6.66. The maximum absolute atomic E-state index is 12.6. The van der Waals surface area contributed by atoms with Crippen LogP contribution in [0.2, 0.25) is 0 Å². The second-order valence-corrected chi connectivity index (χ2v) is 6.74. The molecular formula is C13H18ClF3N2O2S. The predicted octanol–water partition coefficient (Wildman–Crippen LogP) is 2.50. The summed E-state index contributed by atoms with van der Waals surface area (Å²) in [6.45, 7) is 2.63. The quantitative estimate of drug-likeness (QED) is 0.879. The van der Waals surface area contributed by atoms with Gasteiger partial charge in [0.25, 0.3) is 0 Å². The molecule has 1 aromatic rings. The monoisotopic (exact) mass is 358 g/mol. The lowest BCUT2D eigenvalue weighted by molar-refractivity contribution is -0.137. The van der Waals surface area contributed by atoms with Crippen molar-refractivity contribution in [3.8, 4) is 0 Å². The molecule has 0 amide bonds. The van der Waals surface area contributed by atoms with Gasteiger partial charge in [-0.2, -0.15) is 13.2 Å². The first kappa shape index (κ1) is 19.2. The molecule has 0 radical (unpaired) electrons. The van der Waals surface area contributed by atoms with Gasteiger partial charge >= 0.3 is 6.18 Å². The molecule has 22 heavy (non-hydrogen) atoms. The summed E-state index contributed by atoms with van der Waals surface area (Å²) >= 11 is 0. The Morgan fingerprint density at radius 1 is 1.18 bits per heavy atom. The third-order valence-electron chi connectivity index (χ3n) is 3.39. The third kappa shape index (κ3) is 5.12. The van der Waals surface area contributed by atoms with Gasteiger partial charge in [0.05, 0.1) is 10.5 Å². The first-order valence-corrected chi connectivity index (χ1v) is 8.17.